The fraction of sp³-hybridized carbons (Fsp3) is 0.333. The maximum absolute atomic E-state index is 12.3. The Morgan fingerprint density at radius 2 is 1.57 bits per heavy atom. The van der Waals surface area contributed by atoms with E-state index in [1.165, 1.54) is 19.3 Å². The lowest BCUT2D eigenvalue weighted by atomic mass is 10.0. The van der Waals surface area contributed by atoms with Crippen molar-refractivity contribution >= 4 is 11.9 Å². The molecule has 148 valence electrons. The van der Waals surface area contributed by atoms with Crippen LogP contribution in [0.25, 0.3) is 11.1 Å². The topological polar surface area (TPSA) is 52.6 Å². The Morgan fingerprint density at radius 3 is 2.14 bits per heavy atom. The number of ether oxygens (including phenoxy) is 2. The minimum atomic E-state index is -0.491. The summed E-state index contributed by atoms with van der Waals surface area (Å²) >= 11 is 0. The number of rotatable bonds is 10. The first-order valence-corrected chi connectivity index (χ1v) is 9.79. The molecule has 4 heteroatoms. The highest BCUT2D eigenvalue weighted by Crippen LogP contribution is 2.23. The van der Waals surface area contributed by atoms with E-state index in [1.807, 2.05) is 31.2 Å². The van der Waals surface area contributed by atoms with Gasteiger partial charge in [-0.3, -0.25) is 0 Å². The molecule has 28 heavy (non-hydrogen) atoms. The van der Waals surface area contributed by atoms with Crippen LogP contribution in [-0.4, -0.2) is 18.0 Å². The van der Waals surface area contributed by atoms with Gasteiger partial charge in [0.2, 0.25) is 0 Å². The van der Waals surface area contributed by atoms with E-state index in [0.29, 0.717) is 11.3 Å². The second-order valence-electron chi connectivity index (χ2n) is 6.79. The van der Waals surface area contributed by atoms with Crippen molar-refractivity contribution in [2.24, 2.45) is 0 Å². The van der Waals surface area contributed by atoms with E-state index in [-0.39, 0.29) is 12.1 Å². The Kier molecular flexibility index (Phi) is 8.47. The van der Waals surface area contributed by atoms with Gasteiger partial charge in [0.25, 0.3) is 0 Å². The molecule has 0 aliphatic rings. The van der Waals surface area contributed by atoms with E-state index >= 15 is 0 Å². The Labute approximate surface area is 167 Å². The van der Waals surface area contributed by atoms with Gasteiger partial charge in [-0.1, -0.05) is 57.0 Å². The van der Waals surface area contributed by atoms with Crippen LogP contribution in [0.4, 0.5) is 0 Å². The molecule has 0 spiro atoms. The normalized spacial score (nSPS) is 11.5. The third-order valence-corrected chi connectivity index (χ3v) is 4.47. The molecule has 0 saturated heterocycles. The third-order valence-electron chi connectivity index (χ3n) is 4.47. The molecule has 0 N–H and O–H groups in total. The Hall–Kier alpha value is -2.88. The van der Waals surface area contributed by atoms with Gasteiger partial charge in [-0.2, -0.15) is 0 Å². The van der Waals surface area contributed by atoms with Crippen molar-refractivity contribution in [3.8, 4) is 16.9 Å². The number of hydrogen-bond acceptors (Lipinski definition) is 4. The van der Waals surface area contributed by atoms with Crippen LogP contribution in [0.3, 0.4) is 0 Å². The second-order valence-corrected chi connectivity index (χ2v) is 6.79. The molecule has 2 rings (SSSR count). The number of carbonyl (C=O) groups is 2. The molecule has 0 aliphatic heterocycles. The van der Waals surface area contributed by atoms with Gasteiger partial charge in [-0.05, 0) is 55.2 Å². The molecule has 4 nitrogen and oxygen atoms in total. The summed E-state index contributed by atoms with van der Waals surface area (Å²) in [5.74, 6) is -0.321. The Bertz CT molecular complexity index is 775. The molecule has 0 fully saturated rings. The van der Waals surface area contributed by atoms with Gasteiger partial charge >= 0.3 is 11.9 Å². The highest BCUT2D eigenvalue weighted by molar-refractivity contribution is 5.90. The van der Waals surface area contributed by atoms with E-state index in [9.17, 15) is 9.59 Å². The monoisotopic (exact) mass is 380 g/mol. The fourth-order valence-electron chi connectivity index (χ4n) is 2.84. The van der Waals surface area contributed by atoms with Crippen LogP contribution in [-0.2, 0) is 9.53 Å². The first-order valence-electron chi connectivity index (χ1n) is 9.79. The predicted octanol–water partition coefficient (Wildman–Crippen LogP) is 5.96. The highest BCUT2D eigenvalue weighted by atomic mass is 16.5. The van der Waals surface area contributed by atoms with E-state index in [4.69, 9.17) is 9.47 Å². The van der Waals surface area contributed by atoms with Crippen molar-refractivity contribution in [1.29, 1.82) is 0 Å². The number of carbonyl (C=O) groups excluding carboxylic acids is 2. The molecule has 0 radical (unpaired) electrons. The molecular formula is C24H28O4. The molecule has 2 aromatic rings. The summed E-state index contributed by atoms with van der Waals surface area (Å²) in [6, 6.07) is 14.5. The number of unbranched alkanes of at least 4 members (excludes halogenated alkanes) is 3. The lowest BCUT2D eigenvalue weighted by Crippen LogP contribution is -2.15. The van der Waals surface area contributed by atoms with Crippen LogP contribution in [0.1, 0.15) is 56.3 Å². The summed E-state index contributed by atoms with van der Waals surface area (Å²) in [7, 11) is 0. The number of benzene rings is 2. The first-order chi connectivity index (χ1) is 13.5. The van der Waals surface area contributed by atoms with Gasteiger partial charge in [-0.15, -0.1) is 0 Å². The summed E-state index contributed by atoms with van der Waals surface area (Å²) in [6.07, 6.45) is 6.63. The summed E-state index contributed by atoms with van der Waals surface area (Å²) in [4.78, 5) is 23.5. The van der Waals surface area contributed by atoms with Gasteiger partial charge in [0, 0.05) is 6.08 Å². The zero-order valence-corrected chi connectivity index (χ0v) is 16.6. The summed E-state index contributed by atoms with van der Waals surface area (Å²) in [5.41, 5.74) is 2.47. The molecule has 1 unspecified atom stereocenters. The van der Waals surface area contributed by atoms with Gasteiger partial charge in [0.1, 0.15) is 5.75 Å². The quantitative estimate of drug-likeness (QED) is 0.221. The Morgan fingerprint density at radius 1 is 0.964 bits per heavy atom. The second kappa shape index (κ2) is 11.1. The van der Waals surface area contributed by atoms with Crippen molar-refractivity contribution in [3.05, 3.63) is 66.7 Å². The Balaban J connectivity index is 1.92. The smallest absolute Gasteiger partial charge is 0.338 e. The largest absolute Gasteiger partial charge is 0.459 e. The standard InChI is InChI=1S/C24H28O4/c1-4-6-7-8-9-18(3)27-24(26)21-12-10-19(11-13-21)20-14-16-22(17-15-20)28-23(25)5-2/h5,10-18H,2,4,6-9H2,1,3H3. The average Bonchev–Trinajstić information content (AvgIpc) is 2.72. The van der Waals surface area contributed by atoms with Crippen LogP contribution < -0.4 is 4.74 Å². The molecule has 1 atom stereocenters. The minimum absolute atomic E-state index is 0.0742. The van der Waals surface area contributed by atoms with E-state index < -0.39 is 5.97 Å². The predicted molar refractivity (Wildman–Crippen MR) is 111 cm³/mol. The molecule has 0 aliphatic carbocycles. The highest BCUT2D eigenvalue weighted by Gasteiger charge is 2.12. The van der Waals surface area contributed by atoms with Crippen LogP contribution in [0.2, 0.25) is 0 Å². The SMILES string of the molecule is C=CC(=O)Oc1ccc(-c2ccc(C(=O)OC(C)CCCCCC)cc2)cc1. The molecule has 0 bridgehead atoms. The first kappa shape index (κ1) is 21.4. The van der Waals surface area contributed by atoms with Crippen LogP contribution in [0.5, 0.6) is 5.75 Å². The minimum Gasteiger partial charge on any atom is -0.459 e. The fourth-order valence-corrected chi connectivity index (χ4v) is 2.84. The van der Waals surface area contributed by atoms with Crippen LogP contribution in [0, 0.1) is 0 Å². The number of esters is 2. The van der Waals surface area contributed by atoms with Gasteiger partial charge < -0.3 is 9.47 Å². The summed E-state index contributed by atoms with van der Waals surface area (Å²) < 4.78 is 10.6. The lowest BCUT2D eigenvalue weighted by Gasteiger charge is -2.13. The summed E-state index contributed by atoms with van der Waals surface area (Å²) in [5, 5.41) is 0. The van der Waals surface area contributed by atoms with Gasteiger partial charge in [0.15, 0.2) is 0 Å². The van der Waals surface area contributed by atoms with E-state index in [1.54, 1.807) is 24.3 Å². The zero-order valence-electron chi connectivity index (χ0n) is 16.6. The average molecular weight is 380 g/mol. The molecule has 0 amide bonds. The lowest BCUT2D eigenvalue weighted by molar-refractivity contribution is -0.128. The van der Waals surface area contributed by atoms with Crippen molar-refractivity contribution in [3.63, 3.8) is 0 Å². The zero-order chi connectivity index (χ0) is 20.4. The van der Waals surface area contributed by atoms with Crippen molar-refractivity contribution < 1.29 is 19.1 Å². The maximum atomic E-state index is 12.3. The molecule has 0 saturated carbocycles. The van der Waals surface area contributed by atoms with Crippen molar-refractivity contribution in [2.45, 2.75) is 52.1 Å². The third kappa shape index (κ3) is 6.69. The maximum Gasteiger partial charge on any atom is 0.338 e. The van der Waals surface area contributed by atoms with Crippen LogP contribution >= 0.6 is 0 Å². The summed E-state index contributed by atoms with van der Waals surface area (Å²) in [6.45, 7) is 7.49. The van der Waals surface area contributed by atoms with E-state index in [0.717, 1.165) is 30.0 Å². The molecular weight excluding hydrogens is 352 g/mol. The van der Waals surface area contributed by atoms with Crippen molar-refractivity contribution in [1.82, 2.24) is 0 Å². The van der Waals surface area contributed by atoms with Gasteiger partial charge in [0.05, 0.1) is 11.7 Å². The van der Waals surface area contributed by atoms with Crippen molar-refractivity contribution in [2.75, 3.05) is 0 Å². The number of hydrogen-bond donors (Lipinski definition) is 0. The molecule has 0 heterocycles. The molecule has 2 aromatic carbocycles. The van der Waals surface area contributed by atoms with E-state index in [2.05, 4.69) is 13.5 Å². The van der Waals surface area contributed by atoms with Gasteiger partial charge in [-0.25, -0.2) is 9.59 Å². The van der Waals surface area contributed by atoms with Crippen LogP contribution in [0.15, 0.2) is 61.2 Å². The molecule has 0 aromatic heterocycles.